The second-order valence-electron chi connectivity index (χ2n) is 7.05. The molecular formula is C19H26O4. The van der Waals surface area contributed by atoms with Crippen molar-refractivity contribution in [3.8, 4) is 5.75 Å². The van der Waals surface area contributed by atoms with Crippen molar-refractivity contribution < 1.29 is 19.0 Å². The molecule has 0 aromatic heterocycles. The number of ether oxygens (including phenoxy) is 3. The van der Waals surface area contributed by atoms with E-state index in [0.717, 1.165) is 5.92 Å². The Morgan fingerprint density at radius 2 is 1.57 bits per heavy atom. The van der Waals surface area contributed by atoms with Gasteiger partial charge in [-0.05, 0) is 42.4 Å². The number of benzene rings is 1. The van der Waals surface area contributed by atoms with Crippen molar-refractivity contribution in [1.82, 2.24) is 0 Å². The van der Waals surface area contributed by atoms with Gasteiger partial charge in [0.1, 0.15) is 5.75 Å². The van der Waals surface area contributed by atoms with Gasteiger partial charge < -0.3 is 14.2 Å². The summed E-state index contributed by atoms with van der Waals surface area (Å²) < 4.78 is 16.1. The number of carbonyl (C=O) groups excluding carboxylic acids is 1. The summed E-state index contributed by atoms with van der Waals surface area (Å²) in [7, 11) is 0. The Balaban J connectivity index is 1.54. The van der Waals surface area contributed by atoms with E-state index in [4.69, 9.17) is 14.2 Å². The minimum absolute atomic E-state index is 0.316. The molecule has 0 bridgehead atoms. The molecule has 2 fully saturated rings. The fourth-order valence-corrected chi connectivity index (χ4v) is 3.30. The van der Waals surface area contributed by atoms with Crippen LogP contribution in [0.15, 0.2) is 24.3 Å². The van der Waals surface area contributed by atoms with Crippen molar-refractivity contribution in [1.29, 1.82) is 0 Å². The van der Waals surface area contributed by atoms with Gasteiger partial charge in [0.25, 0.3) is 6.29 Å². The highest BCUT2D eigenvalue weighted by Gasteiger charge is 2.28. The molecule has 0 amide bonds. The third-order valence-electron chi connectivity index (χ3n) is 4.84. The van der Waals surface area contributed by atoms with Crippen LogP contribution in [0, 0.1) is 11.8 Å². The van der Waals surface area contributed by atoms with Crippen LogP contribution in [0.5, 0.6) is 5.75 Å². The molecule has 1 heterocycles. The largest absolute Gasteiger partial charge is 0.423 e. The maximum atomic E-state index is 12.0. The quantitative estimate of drug-likeness (QED) is 0.626. The van der Waals surface area contributed by atoms with Gasteiger partial charge in [-0.15, -0.1) is 0 Å². The molecule has 4 nitrogen and oxygen atoms in total. The summed E-state index contributed by atoms with van der Waals surface area (Å²) in [6.45, 7) is 5.40. The Morgan fingerprint density at radius 3 is 2.17 bits per heavy atom. The van der Waals surface area contributed by atoms with Gasteiger partial charge in [-0.2, -0.15) is 0 Å². The van der Waals surface area contributed by atoms with E-state index in [0.29, 0.717) is 30.8 Å². The van der Waals surface area contributed by atoms with Crippen LogP contribution in [0.2, 0.25) is 0 Å². The van der Waals surface area contributed by atoms with Crippen LogP contribution in [0.4, 0.5) is 0 Å². The van der Waals surface area contributed by atoms with Crippen molar-refractivity contribution in [3.63, 3.8) is 0 Å². The van der Waals surface area contributed by atoms with E-state index >= 15 is 0 Å². The molecule has 1 aromatic carbocycles. The molecule has 3 rings (SSSR count). The van der Waals surface area contributed by atoms with Gasteiger partial charge >= 0.3 is 5.97 Å². The highest BCUT2D eigenvalue weighted by molar-refractivity contribution is 5.75. The van der Waals surface area contributed by atoms with Crippen LogP contribution in [-0.4, -0.2) is 25.5 Å². The standard InChI is InChI=1S/C19H26O4/c1-13-3-5-15(6-4-13)16-7-9-17(10-8-16)23-18(20)19-21-11-14(2)12-22-19/h7-10,13-15,19H,3-6,11-12H2,1-2H3. The Kier molecular flexibility index (Phi) is 5.34. The number of hydrogen-bond donors (Lipinski definition) is 0. The average molecular weight is 318 g/mol. The Morgan fingerprint density at radius 1 is 0.957 bits per heavy atom. The summed E-state index contributed by atoms with van der Waals surface area (Å²) >= 11 is 0. The minimum Gasteiger partial charge on any atom is -0.423 e. The lowest BCUT2D eigenvalue weighted by molar-refractivity contribution is -0.213. The van der Waals surface area contributed by atoms with Gasteiger partial charge in [0.05, 0.1) is 13.2 Å². The first-order valence-corrected chi connectivity index (χ1v) is 8.66. The molecule has 1 aliphatic heterocycles. The molecule has 1 saturated carbocycles. The predicted octanol–water partition coefficient (Wildman–Crippen LogP) is 3.89. The van der Waals surface area contributed by atoms with E-state index in [1.807, 2.05) is 19.1 Å². The third kappa shape index (κ3) is 4.33. The SMILES string of the molecule is CC1CCC(c2ccc(OC(=O)C3OCC(C)CO3)cc2)CC1. The van der Waals surface area contributed by atoms with Crippen LogP contribution in [0.3, 0.4) is 0 Å². The molecule has 2 aliphatic rings. The normalized spacial score (nSPS) is 31.6. The molecule has 0 radical (unpaired) electrons. The molecule has 4 heteroatoms. The summed E-state index contributed by atoms with van der Waals surface area (Å²) in [6.07, 6.45) is 4.21. The average Bonchev–Trinajstić information content (AvgIpc) is 2.57. The van der Waals surface area contributed by atoms with Crippen molar-refractivity contribution in [2.75, 3.05) is 13.2 Å². The van der Waals surface area contributed by atoms with Crippen LogP contribution >= 0.6 is 0 Å². The zero-order valence-electron chi connectivity index (χ0n) is 14.0. The first-order valence-electron chi connectivity index (χ1n) is 8.66. The molecule has 0 atom stereocenters. The summed E-state index contributed by atoms with van der Waals surface area (Å²) in [4.78, 5) is 12.0. The van der Waals surface area contributed by atoms with E-state index in [1.165, 1.54) is 31.2 Å². The van der Waals surface area contributed by atoms with E-state index in [1.54, 1.807) is 0 Å². The molecule has 0 unspecified atom stereocenters. The zero-order chi connectivity index (χ0) is 16.2. The smallest absolute Gasteiger partial charge is 0.368 e. The Labute approximate surface area is 138 Å². The van der Waals surface area contributed by atoms with Gasteiger partial charge in [-0.3, -0.25) is 0 Å². The van der Waals surface area contributed by atoms with Crippen molar-refractivity contribution >= 4 is 5.97 Å². The highest BCUT2D eigenvalue weighted by atomic mass is 16.7. The molecule has 0 spiro atoms. The molecule has 1 aliphatic carbocycles. The predicted molar refractivity (Wildman–Crippen MR) is 87.3 cm³/mol. The van der Waals surface area contributed by atoms with E-state index in [-0.39, 0.29) is 0 Å². The number of esters is 1. The monoisotopic (exact) mass is 318 g/mol. The Hall–Kier alpha value is -1.39. The fourth-order valence-electron chi connectivity index (χ4n) is 3.30. The van der Waals surface area contributed by atoms with Gasteiger partial charge in [0, 0.05) is 5.92 Å². The van der Waals surface area contributed by atoms with Gasteiger partial charge in [0.15, 0.2) is 0 Å². The van der Waals surface area contributed by atoms with E-state index < -0.39 is 12.3 Å². The highest BCUT2D eigenvalue weighted by Crippen LogP contribution is 2.35. The van der Waals surface area contributed by atoms with Crippen LogP contribution in [0.1, 0.15) is 51.0 Å². The number of hydrogen-bond acceptors (Lipinski definition) is 4. The third-order valence-corrected chi connectivity index (χ3v) is 4.84. The molecule has 23 heavy (non-hydrogen) atoms. The van der Waals surface area contributed by atoms with Crippen LogP contribution < -0.4 is 4.74 Å². The molecule has 0 N–H and O–H groups in total. The topological polar surface area (TPSA) is 44.8 Å². The minimum atomic E-state index is -0.897. The summed E-state index contributed by atoms with van der Waals surface area (Å²) in [6, 6.07) is 7.90. The van der Waals surface area contributed by atoms with Gasteiger partial charge in [0.2, 0.25) is 0 Å². The molecule has 126 valence electrons. The molecular weight excluding hydrogens is 292 g/mol. The lowest BCUT2D eigenvalue weighted by Crippen LogP contribution is -2.38. The van der Waals surface area contributed by atoms with E-state index in [9.17, 15) is 4.79 Å². The lowest BCUT2D eigenvalue weighted by atomic mass is 9.79. The van der Waals surface area contributed by atoms with Crippen molar-refractivity contribution in [2.45, 2.75) is 51.7 Å². The summed E-state index contributed by atoms with van der Waals surface area (Å²) in [5.74, 6) is 1.88. The fraction of sp³-hybridized carbons (Fsp3) is 0.632. The first kappa shape index (κ1) is 16.5. The first-order chi connectivity index (χ1) is 11.1. The second kappa shape index (κ2) is 7.45. The molecule has 1 aromatic rings. The van der Waals surface area contributed by atoms with Gasteiger partial charge in [-0.1, -0.05) is 38.8 Å². The summed E-state index contributed by atoms with van der Waals surface area (Å²) in [5, 5.41) is 0. The van der Waals surface area contributed by atoms with Crippen molar-refractivity contribution in [2.24, 2.45) is 11.8 Å². The molecule has 1 saturated heterocycles. The maximum absolute atomic E-state index is 12.0. The maximum Gasteiger partial charge on any atom is 0.368 e. The Bertz CT molecular complexity index is 509. The van der Waals surface area contributed by atoms with E-state index in [2.05, 4.69) is 19.1 Å². The number of carbonyl (C=O) groups is 1. The zero-order valence-corrected chi connectivity index (χ0v) is 14.0. The van der Waals surface area contributed by atoms with Crippen molar-refractivity contribution in [3.05, 3.63) is 29.8 Å². The number of rotatable bonds is 3. The van der Waals surface area contributed by atoms with Crippen LogP contribution in [0.25, 0.3) is 0 Å². The second-order valence-corrected chi connectivity index (χ2v) is 7.05. The van der Waals surface area contributed by atoms with Crippen LogP contribution in [-0.2, 0) is 14.3 Å². The van der Waals surface area contributed by atoms with Gasteiger partial charge in [-0.25, -0.2) is 4.79 Å². The summed E-state index contributed by atoms with van der Waals surface area (Å²) in [5.41, 5.74) is 1.34. The lowest BCUT2D eigenvalue weighted by Gasteiger charge is -2.27.